The number of hydrogen-bond donors (Lipinski definition) is 1. The van der Waals surface area contributed by atoms with Gasteiger partial charge in [0, 0.05) is 12.9 Å². The highest BCUT2D eigenvalue weighted by Crippen LogP contribution is 2.02. The Labute approximate surface area is 60.2 Å². The molecule has 0 aromatic heterocycles. The van der Waals surface area contributed by atoms with Crippen molar-refractivity contribution in [3.63, 3.8) is 0 Å². The van der Waals surface area contributed by atoms with Gasteiger partial charge in [-0.25, -0.2) is 10.3 Å². The normalized spacial score (nSPS) is 11.4. The predicted molar refractivity (Wildman–Crippen MR) is 36.7 cm³/mol. The van der Waals surface area contributed by atoms with Crippen LogP contribution in [0.1, 0.15) is 6.92 Å². The molecule has 0 spiro atoms. The average molecular weight is 140 g/mol. The molecule has 5 heteroatoms. The van der Waals surface area contributed by atoms with E-state index in [0.29, 0.717) is 5.06 Å². The lowest BCUT2D eigenvalue weighted by atomic mass is 9.67. The van der Waals surface area contributed by atoms with E-state index in [1.807, 2.05) is 5.97 Å². The molecule has 1 N–H and O–H groups in total. The van der Waals surface area contributed by atoms with E-state index in [-0.39, 0.29) is 7.28 Å². The second-order valence-corrected chi connectivity index (χ2v) is 2.13. The lowest BCUT2D eigenvalue weighted by Gasteiger charge is -2.10. The van der Waals surface area contributed by atoms with Crippen LogP contribution in [0, 0.1) is 11.2 Å². The van der Waals surface area contributed by atoms with Gasteiger partial charge in [-0.1, -0.05) is 6.92 Å². The maximum absolute atomic E-state index is 10.8. The Morgan fingerprint density at radius 1 is 1.90 bits per heavy atom. The second-order valence-electron chi connectivity index (χ2n) is 2.13. The highest BCUT2D eigenvalue weighted by atomic mass is 16.5. The molecule has 0 saturated carbocycles. The number of nitrogens with zero attached hydrogens (tertiary/aromatic N) is 2. The quantitative estimate of drug-likeness (QED) is 0.321. The summed E-state index contributed by atoms with van der Waals surface area (Å²) < 4.78 is 0. The lowest BCUT2D eigenvalue weighted by Crippen LogP contribution is -2.27. The molecule has 10 heavy (non-hydrogen) atoms. The summed E-state index contributed by atoms with van der Waals surface area (Å²) in [7, 11) is 1.39. The fourth-order valence-corrected chi connectivity index (χ4v) is 0.543. The van der Waals surface area contributed by atoms with Gasteiger partial charge in [0.05, 0.1) is 0 Å². The van der Waals surface area contributed by atoms with E-state index in [1.165, 1.54) is 7.05 Å². The Bertz CT molecular complexity index is 164. The molecule has 0 aromatic rings. The zero-order valence-corrected chi connectivity index (χ0v) is 6.03. The molecule has 0 aliphatic carbocycles. The largest absolute Gasteiger partial charge is 0.286 e. The van der Waals surface area contributed by atoms with Crippen LogP contribution in [0.3, 0.4) is 0 Å². The molecule has 4 nitrogen and oxygen atoms in total. The number of amides is 1. The smallest absolute Gasteiger partial charge is 0.262 e. The Kier molecular flexibility index (Phi) is 3.51. The Morgan fingerprint density at radius 3 is 2.70 bits per heavy atom. The van der Waals surface area contributed by atoms with Crippen LogP contribution in [0.5, 0.6) is 0 Å². The van der Waals surface area contributed by atoms with Gasteiger partial charge in [-0.05, 0) is 5.97 Å². The first-order valence-electron chi connectivity index (χ1n) is 2.93. The topological polar surface area (TPSA) is 64.3 Å². The maximum Gasteiger partial charge on any atom is 0.262 e. The third-order valence-corrected chi connectivity index (χ3v) is 1.14. The van der Waals surface area contributed by atoms with Crippen molar-refractivity contribution in [2.24, 2.45) is 0 Å². The van der Waals surface area contributed by atoms with Gasteiger partial charge in [0.1, 0.15) is 0 Å². The van der Waals surface area contributed by atoms with E-state index in [0.717, 1.165) is 0 Å². The summed E-state index contributed by atoms with van der Waals surface area (Å²) in [6, 6.07) is 0. The van der Waals surface area contributed by atoms with Gasteiger partial charge in [0.25, 0.3) is 7.28 Å². The predicted octanol–water partition coefficient (Wildman–Crippen LogP) is -0.440. The molecule has 0 aliphatic heterocycles. The molecule has 0 radical (unpaired) electrons. The first-order chi connectivity index (χ1) is 4.59. The fraction of sp³-hybridized carbons (Fsp3) is 0.600. The Balaban J connectivity index is 3.85. The van der Waals surface area contributed by atoms with E-state index in [4.69, 9.17) is 10.5 Å². The van der Waals surface area contributed by atoms with E-state index in [1.54, 1.807) is 6.92 Å². The number of nitriles is 1. The van der Waals surface area contributed by atoms with Crippen LogP contribution < -0.4 is 0 Å². The second kappa shape index (κ2) is 3.91. The van der Waals surface area contributed by atoms with Crippen LogP contribution in [0.25, 0.3) is 0 Å². The lowest BCUT2D eigenvalue weighted by molar-refractivity contribution is -0.158. The first kappa shape index (κ1) is 8.98. The highest BCUT2D eigenvalue weighted by molar-refractivity contribution is 6.51. The Morgan fingerprint density at radius 2 is 2.40 bits per heavy atom. The van der Waals surface area contributed by atoms with Crippen LogP contribution in [0.2, 0.25) is 5.82 Å². The van der Waals surface area contributed by atoms with Gasteiger partial charge in [-0.15, -0.1) is 0 Å². The average Bonchev–Trinajstić information content (AvgIpc) is 1.87. The number of carbonyl (C=O) groups excluding carboxylic acids is 1. The minimum atomic E-state index is -0.429. The molecule has 0 fully saturated rings. The zero-order valence-electron chi connectivity index (χ0n) is 6.03. The van der Waals surface area contributed by atoms with Crippen molar-refractivity contribution in [3.8, 4) is 5.97 Å². The molecular formula is C5H9BN2O2. The SMILES string of the molecule is CC(BC#N)C(=O)N(C)O. The number of hydrogen-bond acceptors (Lipinski definition) is 3. The third kappa shape index (κ3) is 2.51. The third-order valence-electron chi connectivity index (χ3n) is 1.14. The molecule has 0 saturated heterocycles. The van der Waals surface area contributed by atoms with Crippen molar-refractivity contribution in [2.75, 3.05) is 7.05 Å². The highest BCUT2D eigenvalue weighted by Gasteiger charge is 2.16. The molecule has 1 amide bonds. The van der Waals surface area contributed by atoms with Crippen molar-refractivity contribution in [2.45, 2.75) is 12.7 Å². The van der Waals surface area contributed by atoms with Crippen LogP contribution in [0.4, 0.5) is 0 Å². The summed E-state index contributed by atoms with van der Waals surface area (Å²) in [6.07, 6.45) is 0. The molecule has 0 aromatic carbocycles. The number of rotatable bonds is 2. The van der Waals surface area contributed by atoms with E-state index < -0.39 is 11.7 Å². The molecule has 1 atom stereocenters. The summed E-state index contributed by atoms with van der Waals surface area (Å²) >= 11 is 0. The monoisotopic (exact) mass is 140 g/mol. The summed E-state index contributed by atoms with van der Waals surface area (Å²) in [4.78, 5) is 10.8. The fourth-order valence-electron chi connectivity index (χ4n) is 0.543. The van der Waals surface area contributed by atoms with Gasteiger partial charge >= 0.3 is 0 Å². The molecule has 0 bridgehead atoms. The number of carbonyl (C=O) groups is 1. The van der Waals surface area contributed by atoms with Gasteiger partial charge in [0.2, 0.25) is 5.91 Å². The van der Waals surface area contributed by atoms with Crippen LogP contribution in [-0.4, -0.2) is 30.5 Å². The van der Waals surface area contributed by atoms with E-state index >= 15 is 0 Å². The first-order valence-corrected chi connectivity index (χ1v) is 2.93. The standard InChI is InChI=1S/C5H9BN2O2/c1-4(6-3-7)5(9)8(2)10/h4,6,10H,1-2H3. The zero-order chi connectivity index (χ0) is 8.15. The molecule has 0 aliphatic rings. The van der Waals surface area contributed by atoms with Crippen LogP contribution in [0.15, 0.2) is 0 Å². The minimum absolute atomic E-state index is 0.143. The molecule has 0 heterocycles. The molecular weight excluding hydrogens is 131 g/mol. The molecule has 1 unspecified atom stereocenters. The maximum atomic E-state index is 10.8. The van der Waals surface area contributed by atoms with E-state index in [9.17, 15) is 4.79 Å². The summed E-state index contributed by atoms with van der Waals surface area (Å²) in [5.41, 5.74) is 0. The van der Waals surface area contributed by atoms with Gasteiger partial charge in [-0.2, -0.15) is 0 Å². The van der Waals surface area contributed by atoms with Crippen molar-refractivity contribution >= 4 is 13.2 Å². The van der Waals surface area contributed by atoms with E-state index in [2.05, 4.69) is 0 Å². The summed E-state index contributed by atoms with van der Waals surface area (Å²) in [5, 5.41) is 17.3. The Hall–Kier alpha value is -1.02. The minimum Gasteiger partial charge on any atom is -0.286 e. The van der Waals surface area contributed by atoms with Crippen molar-refractivity contribution in [1.29, 1.82) is 5.26 Å². The van der Waals surface area contributed by atoms with Crippen molar-refractivity contribution in [1.82, 2.24) is 5.06 Å². The summed E-state index contributed by atoms with van der Waals surface area (Å²) in [6.45, 7) is 1.60. The van der Waals surface area contributed by atoms with Crippen LogP contribution in [-0.2, 0) is 4.79 Å². The van der Waals surface area contributed by atoms with Gasteiger partial charge < -0.3 is 0 Å². The van der Waals surface area contributed by atoms with Gasteiger partial charge in [-0.3, -0.25) is 10.0 Å². The van der Waals surface area contributed by atoms with Crippen molar-refractivity contribution in [3.05, 3.63) is 0 Å². The molecule has 0 rings (SSSR count). The summed E-state index contributed by atoms with van der Waals surface area (Å²) in [5.74, 6) is 0.999. The van der Waals surface area contributed by atoms with Crippen LogP contribution >= 0.6 is 0 Å². The molecule has 54 valence electrons. The number of hydroxylamine groups is 2. The van der Waals surface area contributed by atoms with Gasteiger partial charge in [0.15, 0.2) is 0 Å². The van der Waals surface area contributed by atoms with Crippen molar-refractivity contribution < 1.29 is 10.0 Å².